The first kappa shape index (κ1) is 27.3. The lowest BCUT2D eigenvalue weighted by atomic mass is 9.76. The summed E-state index contributed by atoms with van der Waals surface area (Å²) in [6.07, 6.45) is -9.32. The predicted octanol–water partition coefficient (Wildman–Crippen LogP) is 6.87. The van der Waals surface area contributed by atoms with Crippen LogP contribution in [0.5, 0.6) is 5.75 Å². The number of anilines is 1. The Kier molecular flexibility index (Phi) is 7.33. The molecular formula is C26H20ClF6N3O2. The zero-order valence-electron chi connectivity index (χ0n) is 19.7. The van der Waals surface area contributed by atoms with E-state index in [0.717, 1.165) is 24.3 Å². The normalized spacial score (nSPS) is 17.8. The number of hydrogen-bond acceptors (Lipinski definition) is 4. The van der Waals surface area contributed by atoms with Gasteiger partial charge in [0.2, 0.25) is 5.91 Å². The molecule has 1 aliphatic rings. The van der Waals surface area contributed by atoms with E-state index < -0.39 is 29.4 Å². The third kappa shape index (κ3) is 6.39. The molecule has 0 saturated heterocycles. The van der Waals surface area contributed by atoms with Gasteiger partial charge in [-0.15, -0.1) is 13.2 Å². The fraction of sp³-hybridized carbons (Fsp3) is 0.231. The van der Waals surface area contributed by atoms with Crippen molar-refractivity contribution < 1.29 is 35.9 Å². The van der Waals surface area contributed by atoms with Crippen molar-refractivity contribution in [1.29, 1.82) is 0 Å². The summed E-state index contributed by atoms with van der Waals surface area (Å²) in [4.78, 5) is 12.7. The Morgan fingerprint density at radius 3 is 2.13 bits per heavy atom. The van der Waals surface area contributed by atoms with Crippen LogP contribution in [0.1, 0.15) is 23.6 Å². The van der Waals surface area contributed by atoms with Crippen molar-refractivity contribution in [3.05, 3.63) is 94.5 Å². The van der Waals surface area contributed by atoms with Gasteiger partial charge in [-0.1, -0.05) is 35.9 Å². The molecular weight excluding hydrogens is 536 g/mol. The van der Waals surface area contributed by atoms with Gasteiger partial charge < -0.3 is 10.1 Å². The average Bonchev–Trinajstić information content (AvgIpc) is 3.15. The number of halogens is 7. The minimum absolute atomic E-state index is 0.187. The summed E-state index contributed by atoms with van der Waals surface area (Å²) >= 11 is 6.01. The number of ether oxygens (including phenoxy) is 1. The molecule has 1 atom stereocenters. The highest BCUT2D eigenvalue weighted by atomic mass is 35.5. The highest BCUT2D eigenvalue weighted by Gasteiger charge is 2.41. The summed E-state index contributed by atoms with van der Waals surface area (Å²) in [5, 5.41) is 9.15. The standard InChI is InChI=1S/C26H20ClF6N3O2/c1-24(17-6-12-21(13-7-17)38-26(31,32)33)15-36(35-23(24)16-2-8-19(27)9-3-16)14-22(37)34-20-10-4-18(5-11-20)25(28,29)30/h2-13H,14-15H2,1H3,(H,34,37). The molecule has 5 nitrogen and oxygen atoms in total. The van der Waals surface area contributed by atoms with Gasteiger partial charge in [-0.05, 0) is 66.6 Å². The maximum atomic E-state index is 12.8. The van der Waals surface area contributed by atoms with Crippen molar-refractivity contribution in [2.45, 2.75) is 24.9 Å². The van der Waals surface area contributed by atoms with E-state index in [9.17, 15) is 31.1 Å². The lowest BCUT2D eigenvalue weighted by molar-refractivity contribution is -0.274. The number of nitrogens with zero attached hydrogens (tertiary/aromatic N) is 2. The Balaban J connectivity index is 1.56. The van der Waals surface area contributed by atoms with Crippen molar-refractivity contribution in [3.63, 3.8) is 0 Å². The number of rotatable bonds is 6. The molecule has 0 bridgehead atoms. The SMILES string of the molecule is CC1(c2ccc(OC(F)(F)F)cc2)CN(CC(=O)Nc2ccc(C(F)(F)F)cc2)N=C1c1ccc(Cl)cc1. The fourth-order valence-electron chi connectivity index (χ4n) is 4.16. The van der Waals surface area contributed by atoms with Gasteiger partial charge in [0.25, 0.3) is 0 Å². The number of carbonyl (C=O) groups excluding carboxylic acids is 1. The van der Waals surface area contributed by atoms with E-state index in [-0.39, 0.29) is 24.5 Å². The maximum Gasteiger partial charge on any atom is 0.573 e. The number of amides is 1. The monoisotopic (exact) mass is 555 g/mol. The number of alkyl halides is 6. The summed E-state index contributed by atoms with van der Waals surface area (Å²) in [7, 11) is 0. The molecule has 1 aliphatic heterocycles. The Bertz CT molecular complexity index is 1320. The molecule has 0 spiro atoms. The minimum atomic E-state index is -4.83. The average molecular weight is 556 g/mol. The first-order valence-electron chi connectivity index (χ1n) is 11.2. The van der Waals surface area contributed by atoms with Crippen LogP contribution in [-0.4, -0.2) is 36.1 Å². The number of carbonyl (C=O) groups is 1. The molecule has 1 heterocycles. The summed E-state index contributed by atoms with van der Waals surface area (Å²) in [5.74, 6) is -0.886. The second-order valence-electron chi connectivity index (χ2n) is 8.81. The van der Waals surface area contributed by atoms with Crippen LogP contribution in [0.25, 0.3) is 0 Å². The molecule has 1 unspecified atom stereocenters. The summed E-state index contributed by atoms with van der Waals surface area (Å²) in [6.45, 7) is 1.82. The Morgan fingerprint density at radius 1 is 0.974 bits per heavy atom. The number of nitrogens with one attached hydrogen (secondary N) is 1. The maximum absolute atomic E-state index is 12.8. The van der Waals surface area contributed by atoms with Gasteiger partial charge in [-0.3, -0.25) is 9.80 Å². The minimum Gasteiger partial charge on any atom is -0.406 e. The molecule has 0 saturated carbocycles. The van der Waals surface area contributed by atoms with Crippen LogP contribution < -0.4 is 10.1 Å². The Morgan fingerprint density at radius 2 is 1.58 bits per heavy atom. The molecule has 12 heteroatoms. The lowest BCUT2D eigenvalue weighted by Gasteiger charge is -2.27. The molecule has 3 aromatic carbocycles. The van der Waals surface area contributed by atoms with Crippen LogP contribution in [0.4, 0.5) is 32.0 Å². The molecule has 3 aromatic rings. The van der Waals surface area contributed by atoms with E-state index in [1.165, 1.54) is 29.3 Å². The van der Waals surface area contributed by atoms with Gasteiger partial charge in [0.1, 0.15) is 12.3 Å². The Labute approximate surface area is 218 Å². The number of benzene rings is 3. The van der Waals surface area contributed by atoms with E-state index >= 15 is 0 Å². The highest BCUT2D eigenvalue weighted by molar-refractivity contribution is 6.30. The van der Waals surface area contributed by atoms with Gasteiger partial charge in [0.15, 0.2) is 0 Å². The first-order valence-corrected chi connectivity index (χ1v) is 11.5. The third-order valence-corrected chi connectivity index (χ3v) is 6.18. The summed E-state index contributed by atoms with van der Waals surface area (Å²) < 4.78 is 80.1. The van der Waals surface area contributed by atoms with Gasteiger partial charge in [0, 0.05) is 10.7 Å². The number of hydrogen-bond donors (Lipinski definition) is 1. The van der Waals surface area contributed by atoms with Crippen LogP contribution in [0.3, 0.4) is 0 Å². The largest absolute Gasteiger partial charge is 0.573 e. The van der Waals surface area contributed by atoms with Gasteiger partial charge >= 0.3 is 12.5 Å². The summed E-state index contributed by atoms with van der Waals surface area (Å²) in [6, 6.07) is 16.3. The second kappa shape index (κ2) is 10.2. The van der Waals surface area contributed by atoms with E-state index in [2.05, 4.69) is 15.2 Å². The molecule has 1 N–H and O–H groups in total. The molecule has 200 valence electrons. The lowest BCUT2D eigenvalue weighted by Crippen LogP contribution is -2.38. The quantitative estimate of drug-likeness (QED) is 0.338. The van der Waals surface area contributed by atoms with Crippen molar-refractivity contribution in [2.24, 2.45) is 5.10 Å². The van der Waals surface area contributed by atoms with Crippen LogP contribution in [0, 0.1) is 0 Å². The van der Waals surface area contributed by atoms with Crippen molar-refractivity contribution in [2.75, 3.05) is 18.4 Å². The zero-order chi connectivity index (χ0) is 27.7. The topological polar surface area (TPSA) is 53.9 Å². The van der Waals surface area contributed by atoms with Gasteiger partial charge in [-0.25, -0.2) is 0 Å². The van der Waals surface area contributed by atoms with Crippen molar-refractivity contribution >= 4 is 28.9 Å². The predicted molar refractivity (Wildman–Crippen MR) is 130 cm³/mol. The van der Waals surface area contributed by atoms with Crippen molar-refractivity contribution in [1.82, 2.24) is 5.01 Å². The first-order chi connectivity index (χ1) is 17.7. The molecule has 4 rings (SSSR count). The molecule has 0 aliphatic carbocycles. The highest BCUT2D eigenvalue weighted by Crippen LogP contribution is 2.37. The zero-order valence-corrected chi connectivity index (χ0v) is 20.5. The molecule has 0 aromatic heterocycles. The molecule has 0 fully saturated rings. The van der Waals surface area contributed by atoms with E-state index in [1.807, 2.05) is 6.92 Å². The fourth-order valence-corrected chi connectivity index (χ4v) is 4.29. The summed E-state index contributed by atoms with van der Waals surface area (Å²) in [5.41, 5.74) is 0.395. The van der Waals surface area contributed by atoms with Crippen molar-refractivity contribution in [3.8, 4) is 5.75 Å². The third-order valence-electron chi connectivity index (χ3n) is 5.93. The van der Waals surface area contributed by atoms with E-state index in [1.54, 1.807) is 24.3 Å². The molecule has 38 heavy (non-hydrogen) atoms. The van der Waals surface area contributed by atoms with Gasteiger partial charge in [-0.2, -0.15) is 18.3 Å². The Hall–Kier alpha value is -3.73. The van der Waals surface area contributed by atoms with Gasteiger partial charge in [0.05, 0.1) is 23.2 Å². The van der Waals surface area contributed by atoms with E-state index in [0.29, 0.717) is 21.9 Å². The van der Waals surface area contributed by atoms with Crippen LogP contribution in [0.15, 0.2) is 77.9 Å². The van der Waals surface area contributed by atoms with E-state index in [4.69, 9.17) is 11.6 Å². The van der Waals surface area contributed by atoms with Crippen LogP contribution >= 0.6 is 11.6 Å². The number of hydrazone groups is 1. The molecule has 1 amide bonds. The van der Waals surface area contributed by atoms with Crippen LogP contribution in [-0.2, 0) is 16.4 Å². The molecule has 0 radical (unpaired) electrons. The van der Waals surface area contributed by atoms with Crippen LogP contribution in [0.2, 0.25) is 5.02 Å². The smallest absolute Gasteiger partial charge is 0.406 e. The second-order valence-corrected chi connectivity index (χ2v) is 9.24.